The summed E-state index contributed by atoms with van der Waals surface area (Å²) in [6.07, 6.45) is 3.64. The minimum absolute atomic E-state index is 0.137. The van der Waals surface area contributed by atoms with Gasteiger partial charge in [-0.3, -0.25) is 9.89 Å². The van der Waals surface area contributed by atoms with Gasteiger partial charge in [0, 0.05) is 29.4 Å². The Hall–Kier alpha value is -2.31. The Morgan fingerprint density at radius 3 is 2.87 bits per heavy atom. The molecule has 3 heterocycles. The molecular formula is C18H17ClFN5O3S2. The third-order valence-electron chi connectivity index (χ3n) is 4.85. The molecule has 4 rings (SSSR count). The first-order valence-corrected chi connectivity index (χ1v) is 11.5. The first kappa shape index (κ1) is 20.9. The monoisotopic (exact) mass is 469 g/mol. The number of rotatable bonds is 4. The van der Waals surface area contributed by atoms with Gasteiger partial charge in [-0.05, 0) is 41.6 Å². The number of amides is 1. The van der Waals surface area contributed by atoms with Crippen LogP contribution in [-0.4, -0.2) is 41.9 Å². The average Bonchev–Trinajstić information content (AvgIpc) is 3.38. The Bertz CT molecular complexity index is 1180. The first-order chi connectivity index (χ1) is 14.2. The molecule has 2 atom stereocenters. The number of thiophene rings is 1. The molecule has 3 N–H and O–H groups in total. The fraction of sp³-hybridized carbons (Fsp3) is 0.222. The van der Waals surface area contributed by atoms with Crippen LogP contribution in [0.4, 0.5) is 10.1 Å². The van der Waals surface area contributed by atoms with E-state index in [1.165, 1.54) is 30.5 Å². The number of aromatic amines is 1. The van der Waals surface area contributed by atoms with E-state index in [0.29, 0.717) is 0 Å². The molecule has 1 aliphatic heterocycles. The molecule has 1 aromatic carbocycles. The van der Waals surface area contributed by atoms with Gasteiger partial charge in [0.1, 0.15) is 11.9 Å². The fourth-order valence-corrected chi connectivity index (χ4v) is 5.69. The second-order valence-electron chi connectivity index (χ2n) is 6.79. The van der Waals surface area contributed by atoms with Gasteiger partial charge in [-0.1, -0.05) is 11.6 Å². The van der Waals surface area contributed by atoms with Crippen molar-refractivity contribution >= 4 is 44.7 Å². The first-order valence-electron chi connectivity index (χ1n) is 8.83. The van der Waals surface area contributed by atoms with E-state index in [4.69, 9.17) is 11.6 Å². The SMILES string of the molecule is CN1[C@@H](C(=O)Nc2ccc(F)c(Cl)c2)C[C@@H](c2cc(-c3cn[nH]c3)cs2)NS1(=O)=O. The lowest BCUT2D eigenvalue weighted by molar-refractivity contribution is -0.120. The molecular weight excluding hydrogens is 453 g/mol. The van der Waals surface area contributed by atoms with Gasteiger partial charge in [0.2, 0.25) is 5.91 Å². The third-order valence-corrected chi connectivity index (χ3v) is 7.78. The largest absolute Gasteiger partial charge is 0.325 e. The summed E-state index contributed by atoms with van der Waals surface area (Å²) >= 11 is 7.16. The highest BCUT2D eigenvalue weighted by atomic mass is 35.5. The number of nitrogens with zero attached hydrogens (tertiary/aromatic N) is 2. The number of nitrogens with one attached hydrogen (secondary N) is 3. The van der Waals surface area contributed by atoms with Crippen LogP contribution in [0.15, 0.2) is 42.0 Å². The summed E-state index contributed by atoms with van der Waals surface area (Å²) in [5.41, 5.74) is 2.07. The average molecular weight is 470 g/mol. The van der Waals surface area contributed by atoms with Gasteiger partial charge in [-0.15, -0.1) is 11.3 Å². The molecule has 0 aliphatic carbocycles. The van der Waals surface area contributed by atoms with Crippen LogP contribution in [0.5, 0.6) is 0 Å². The predicted molar refractivity (Wildman–Crippen MR) is 113 cm³/mol. The highest BCUT2D eigenvalue weighted by Gasteiger charge is 2.41. The minimum atomic E-state index is -3.88. The van der Waals surface area contributed by atoms with E-state index in [1.54, 1.807) is 12.4 Å². The van der Waals surface area contributed by atoms with Crippen molar-refractivity contribution in [1.82, 2.24) is 19.2 Å². The van der Waals surface area contributed by atoms with Gasteiger partial charge in [-0.25, -0.2) is 4.39 Å². The zero-order valence-corrected chi connectivity index (χ0v) is 18.0. The number of carbonyl (C=O) groups is 1. The smallest absolute Gasteiger partial charge is 0.280 e. The van der Waals surface area contributed by atoms with Gasteiger partial charge in [0.15, 0.2) is 0 Å². The number of carbonyl (C=O) groups excluding carboxylic acids is 1. The molecule has 158 valence electrons. The second-order valence-corrected chi connectivity index (χ2v) is 9.90. The maximum atomic E-state index is 13.4. The summed E-state index contributed by atoms with van der Waals surface area (Å²) in [6.45, 7) is 0. The van der Waals surface area contributed by atoms with Crippen molar-refractivity contribution in [2.45, 2.75) is 18.5 Å². The summed E-state index contributed by atoms with van der Waals surface area (Å²) in [5.74, 6) is -1.13. The van der Waals surface area contributed by atoms with E-state index >= 15 is 0 Å². The Labute approximate surface area is 181 Å². The number of H-pyrrole nitrogens is 1. The summed E-state index contributed by atoms with van der Waals surface area (Å²) < 4.78 is 42.2. The van der Waals surface area contributed by atoms with Crippen molar-refractivity contribution in [2.75, 3.05) is 12.4 Å². The number of aromatic nitrogens is 2. The van der Waals surface area contributed by atoms with E-state index in [0.717, 1.165) is 26.4 Å². The van der Waals surface area contributed by atoms with Crippen LogP contribution in [0.2, 0.25) is 5.02 Å². The van der Waals surface area contributed by atoms with Gasteiger partial charge < -0.3 is 5.32 Å². The summed E-state index contributed by atoms with van der Waals surface area (Å²) in [5, 5.41) is 11.0. The van der Waals surface area contributed by atoms with Crippen molar-refractivity contribution < 1.29 is 17.6 Å². The molecule has 0 saturated carbocycles. The van der Waals surface area contributed by atoms with Gasteiger partial charge >= 0.3 is 0 Å². The third kappa shape index (κ3) is 4.12. The van der Waals surface area contributed by atoms with E-state index in [-0.39, 0.29) is 17.1 Å². The van der Waals surface area contributed by atoms with E-state index in [2.05, 4.69) is 20.2 Å². The molecule has 8 nitrogen and oxygen atoms in total. The van der Waals surface area contributed by atoms with Gasteiger partial charge in [-0.2, -0.15) is 22.5 Å². The van der Waals surface area contributed by atoms with Crippen LogP contribution in [0.25, 0.3) is 11.1 Å². The van der Waals surface area contributed by atoms with Crippen LogP contribution in [-0.2, 0) is 15.0 Å². The molecule has 30 heavy (non-hydrogen) atoms. The summed E-state index contributed by atoms with van der Waals surface area (Å²) in [7, 11) is -2.54. The maximum Gasteiger partial charge on any atom is 0.280 e. The number of hydrogen-bond acceptors (Lipinski definition) is 5. The van der Waals surface area contributed by atoms with Crippen LogP contribution >= 0.6 is 22.9 Å². The topological polar surface area (TPSA) is 107 Å². The van der Waals surface area contributed by atoms with Gasteiger partial charge in [0.05, 0.1) is 17.3 Å². The normalized spacial score (nSPS) is 21.4. The van der Waals surface area contributed by atoms with E-state index in [1.807, 2.05) is 11.4 Å². The highest BCUT2D eigenvalue weighted by molar-refractivity contribution is 7.87. The zero-order valence-electron chi connectivity index (χ0n) is 15.6. The lowest BCUT2D eigenvalue weighted by atomic mass is 10.0. The summed E-state index contributed by atoms with van der Waals surface area (Å²) in [6, 6.07) is 4.13. The summed E-state index contributed by atoms with van der Waals surface area (Å²) in [4.78, 5) is 13.6. The molecule has 0 spiro atoms. The van der Waals surface area contributed by atoms with E-state index in [9.17, 15) is 17.6 Å². The quantitative estimate of drug-likeness (QED) is 0.545. The molecule has 1 amide bonds. The standard InChI is InChI=1S/C18H17ClFN5O3S2/c1-25-16(18(26)23-12-2-3-14(20)13(19)5-12)6-15(24-30(25,27)28)17-4-10(9-29-17)11-7-21-22-8-11/h2-5,7-9,15-16,24H,6H2,1H3,(H,21,22)(H,23,26)/t15-,16+/m0/s1. The number of hydrogen-bond donors (Lipinski definition) is 3. The molecule has 0 radical (unpaired) electrons. The van der Waals surface area contributed by atoms with Crippen molar-refractivity contribution in [2.24, 2.45) is 0 Å². The number of anilines is 1. The second kappa shape index (κ2) is 8.08. The number of benzene rings is 1. The fourth-order valence-electron chi connectivity index (χ4n) is 3.19. The predicted octanol–water partition coefficient (Wildman–Crippen LogP) is 3.15. The maximum absolute atomic E-state index is 13.4. The zero-order chi connectivity index (χ0) is 21.5. The van der Waals surface area contributed by atoms with Gasteiger partial charge in [0.25, 0.3) is 10.2 Å². The van der Waals surface area contributed by atoms with Crippen molar-refractivity contribution in [1.29, 1.82) is 0 Å². The molecule has 2 aromatic heterocycles. The van der Waals surface area contributed by atoms with Crippen molar-refractivity contribution in [3.05, 3.63) is 57.8 Å². The Morgan fingerprint density at radius 1 is 1.37 bits per heavy atom. The van der Waals surface area contributed by atoms with Crippen LogP contribution in [0.3, 0.4) is 0 Å². The molecule has 1 aliphatic rings. The van der Waals surface area contributed by atoms with Crippen LogP contribution < -0.4 is 10.0 Å². The minimum Gasteiger partial charge on any atom is -0.325 e. The van der Waals surface area contributed by atoms with Crippen molar-refractivity contribution in [3.63, 3.8) is 0 Å². The van der Waals surface area contributed by atoms with Crippen LogP contribution in [0.1, 0.15) is 17.3 Å². The Balaban J connectivity index is 1.57. The van der Waals surface area contributed by atoms with E-state index < -0.39 is 34.0 Å². The molecule has 12 heteroatoms. The number of likely N-dealkylation sites (N-methyl/N-ethyl adjacent to an activating group) is 1. The lowest BCUT2D eigenvalue weighted by Crippen LogP contribution is -2.55. The Kier molecular flexibility index (Phi) is 5.64. The molecule has 1 fully saturated rings. The van der Waals surface area contributed by atoms with Crippen LogP contribution in [0, 0.1) is 5.82 Å². The molecule has 0 unspecified atom stereocenters. The molecule has 0 bridgehead atoms. The number of halogens is 2. The highest BCUT2D eigenvalue weighted by Crippen LogP contribution is 2.35. The van der Waals surface area contributed by atoms with Crippen molar-refractivity contribution in [3.8, 4) is 11.1 Å². The molecule has 3 aromatic rings. The Morgan fingerprint density at radius 2 is 2.17 bits per heavy atom. The lowest BCUT2D eigenvalue weighted by Gasteiger charge is -2.35. The molecule has 1 saturated heterocycles.